The summed E-state index contributed by atoms with van der Waals surface area (Å²) in [6.45, 7) is 0. The molecule has 5 nitrogen and oxygen atoms in total. The van der Waals surface area contributed by atoms with Gasteiger partial charge >= 0.3 is 0 Å². The van der Waals surface area contributed by atoms with E-state index in [4.69, 9.17) is 15.7 Å². The van der Waals surface area contributed by atoms with Crippen LogP contribution in [0.3, 0.4) is 0 Å². The first kappa shape index (κ1) is 17.6. The number of rotatable bonds is 4. The molecule has 0 bridgehead atoms. The number of hydrogen-bond donors (Lipinski definition) is 3. The highest BCUT2D eigenvalue weighted by atomic mass is 15.0. The van der Waals surface area contributed by atoms with Gasteiger partial charge in [-0.15, -0.1) is 0 Å². The van der Waals surface area contributed by atoms with Crippen molar-refractivity contribution in [2.45, 2.75) is 56.1 Å². The van der Waals surface area contributed by atoms with Gasteiger partial charge in [0.05, 0.1) is 22.8 Å². The number of para-hydroxylation sites is 2. The number of aromatic nitrogens is 3. The molecule has 144 valence electrons. The van der Waals surface area contributed by atoms with Crippen LogP contribution >= 0.6 is 0 Å². The van der Waals surface area contributed by atoms with Crippen LogP contribution in [0.15, 0.2) is 54.7 Å². The molecule has 0 radical (unpaired) electrons. The summed E-state index contributed by atoms with van der Waals surface area (Å²) in [5.41, 5.74) is 10.7. The number of pyridine rings is 1. The monoisotopic (exact) mass is 373 g/mol. The third-order valence-electron chi connectivity index (χ3n) is 6.16. The highest BCUT2D eigenvalue weighted by molar-refractivity contribution is 5.74. The summed E-state index contributed by atoms with van der Waals surface area (Å²) >= 11 is 0. The van der Waals surface area contributed by atoms with E-state index in [-0.39, 0.29) is 17.6 Å². The number of aryl methyl sites for hydroxylation is 1. The number of nitrogens with two attached hydrogens (primary N) is 1. The van der Waals surface area contributed by atoms with Gasteiger partial charge in [0.1, 0.15) is 5.82 Å². The van der Waals surface area contributed by atoms with E-state index < -0.39 is 0 Å². The molecule has 0 saturated heterocycles. The molecular formula is C23H27N5. The van der Waals surface area contributed by atoms with E-state index in [1.807, 2.05) is 24.4 Å². The molecule has 28 heavy (non-hydrogen) atoms. The van der Waals surface area contributed by atoms with E-state index in [0.29, 0.717) is 0 Å². The Kier molecular flexibility index (Phi) is 4.49. The Morgan fingerprint density at radius 3 is 2.96 bits per heavy atom. The Bertz CT molecular complexity index is 974. The van der Waals surface area contributed by atoms with E-state index in [9.17, 15) is 0 Å². The zero-order valence-electron chi connectivity index (χ0n) is 16.1. The van der Waals surface area contributed by atoms with Crippen molar-refractivity contribution in [2.75, 3.05) is 0 Å². The van der Waals surface area contributed by atoms with Gasteiger partial charge in [0.25, 0.3) is 0 Å². The molecule has 0 spiro atoms. The van der Waals surface area contributed by atoms with Gasteiger partial charge in [0.2, 0.25) is 0 Å². The van der Waals surface area contributed by atoms with Crippen LogP contribution in [0.1, 0.15) is 48.8 Å². The smallest absolute Gasteiger partial charge is 0.109 e. The minimum atomic E-state index is -0.152. The fourth-order valence-electron chi connectivity index (χ4n) is 4.72. The van der Waals surface area contributed by atoms with Crippen LogP contribution in [0, 0.1) is 0 Å². The van der Waals surface area contributed by atoms with E-state index >= 15 is 0 Å². The van der Waals surface area contributed by atoms with Crippen molar-refractivity contribution >= 4 is 11.0 Å². The lowest BCUT2D eigenvalue weighted by Crippen LogP contribution is -2.51. The molecule has 1 unspecified atom stereocenters. The third kappa shape index (κ3) is 3.36. The molecule has 3 atom stereocenters. The second-order valence-electron chi connectivity index (χ2n) is 8.23. The molecule has 2 aromatic heterocycles. The van der Waals surface area contributed by atoms with E-state index in [1.54, 1.807) is 0 Å². The first-order valence-electron chi connectivity index (χ1n) is 10.3. The molecule has 0 fully saturated rings. The number of nitrogens with zero attached hydrogens (tertiary/aromatic N) is 2. The molecule has 5 heteroatoms. The Labute approximate surface area is 165 Å². The minimum Gasteiger partial charge on any atom is -0.342 e. The zero-order valence-corrected chi connectivity index (χ0v) is 16.1. The normalized spacial score (nSPS) is 27.0. The van der Waals surface area contributed by atoms with Crippen LogP contribution in [0.2, 0.25) is 0 Å². The number of hydrogen-bond acceptors (Lipinski definition) is 4. The molecular weight excluding hydrogens is 346 g/mol. The third-order valence-corrected chi connectivity index (χ3v) is 6.16. The van der Waals surface area contributed by atoms with Gasteiger partial charge in [-0.2, -0.15) is 0 Å². The quantitative estimate of drug-likeness (QED) is 0.611. The maximum atomic E-state index is 6.17. The van der Waals surface area contributed by atoms with E-state index in [1.165, 1.54) is 17.7 Å². The lowest BCUT2D eigenvalue weighted by atomic mass is 9.80. The maximum absolute atomic E-state index is 6.17. The first-order chi connectivity index (χ1) is 13.7. The number of benzene rings is 1. The summed E-state index contributed by atoms with van der Waals surface area (Å²) in [5.74, 6) is 1.02. The standard InChI is InChI=1S/C23H27N5/c24-17-10-12-23(13-11-17,15-21-26-18-7-1-2-8-19(18)27-21)28-20-9-3-5-16-6-4-14-25-22(16)20/h1-2,4,6-8,10,12,14,17,20,28H,3,5,9,11,13,15,24H2,(H,26,27)/t17-,20?,23-/m0/s1. The molecule has 2 aliphatic carbocycles. The number of imidazole rings is 1. The second-order valence-corrected chi connectivity index (χ2v) is 8.23. The summed E-state index contributed by atoms with van der Waals surface area (Å²) in [4.78, 5) is 13.1. The lowest BCUT2D eigenvalue weighted by molar-refractivity contribution is 0.280. The minimum absolute atomic E-state index is 0.141. The van der Waals surface area contributed by atoms with Crippen molar-refractivity contribution in [3.05, 3.63) is 71.8 Å². The summed E-state index contributed by atoms with van der Waals surface area (Å²) in [6, 6.07) is 12.9. The van der Waals surface area contributed by atoms with Crippen molar-refractivity contribution in [1.29, 1.82) is 0 Å². The highest BCUT2D eigenvalue weighted by Crippen LogP contribution is 2.34. The van der Waals surface area contributed by atoms with Gasteiger partial charge in [-0.3, -0.25) is 10.3 Å². The molecule has 1 aromatic carbocycles. The highest BCUT2D eigenvalue weighted by Gasteiger charge is 2.35. The molecule has 0 saturated carbocycles. The Hall–Kier alpha value is -2.50. The maximum Gasteiger partial charge on any atom is 0.109 e. The first-order valence-corrected chi connectivity index (χ1v) is 10.3. The molecule has 4 N–H and O–H groups in total. The number of aromatic amines is 1. The van der Waals surface area contributed by atoms with Crippen LogP contribution in [-0.2, 0) is 12.8 Å². The molecule has 3 aromatic rings. The van der Waals surface area contributed by atoms with Crippen LogP contribution in [0.5, 0.6) is 0 Å². The predicted octanol–water partition coefficient (Wildman–Crippen LogP) is 3.58. The summed E-state index contributed by atoms with van der Waals surface area (Å²) < 4.78 is 0. The van der Waals surface area contributed by atoms with Crippen molar-refractivity contribution in [2.24, 2.45) is 5.73 Å². The summed E-state index contributed by atoms with van der Waals surface area (Å²) in [6.07, 6.45) is 12.6. The second kappa shape index (κ2) is 7.15. The van der Waals surface area contributed by atoms with Crippen molar-refractivity contribution in [1.82, 2.24) is 20.3 Å². The number of nitrogens with one attached hydrogen (secondary N) is 2. The van der Waals surface area contributed by atoms with Gasteiger partial charge in [-0.1, -0.05) is 30.4 Å². The molecule has 2 heterocycles. The van der Waals surface area contributed by atoms with Gasteiger partial charge < -0.3 is 10.7 Å². The fraction of sp³-hybridized carbons (Fsp3) is 0.391. The average molecular weight is 374 g/mol. The van der Waals surface area contributed by atoms with E-state index in [0.717, 1.165) is 49.0 Å². The summed E-state index contributed by atoms with van der Waals surface area (Å²) in [5, 5.41) is 3.98. The fourth-order valence-corrected chi connectivity index (χ4v) is 4.72. The van der Waals surface area contributed by atoms with E-state index in [2.05, 4.69) is 40.7 Å². The summed E-state index contributed by atoms with van der Waals surface area (Å²) in [7, 11) is 0. The molecule has 5 rings (SSSR count). The molecule has 0 aliphatic heterocycles. The Morgan fingerprint density at radius 2 is 2.11 bits per heavy atom. The van der Waals surface area contributed by atoms with Crippen LogP contribution in [-0.4, -0.2) is 26.5 Å². The van der Waals surface area contributed by atoms with Crippen LogP contribution < -0.4 is 11.1 Å². The van der Waals surface area contributed by atoms with Crippen molar-refractivity contribution < 1.29 is 0 Å². The SMILES string of the molecule is N[C@H]1C=C[C@](Cc2nc3ccccc3[nH]2)(NC2CCCc3cccnc32)CC1. The Balaban J connectivity index is 1.47. The van der Waals surface area contributed by atoms with Crippen molar-refractivity contribution in [3.8, 4) is 0 Å². The number of fused-ring (bicyclic) bond motifs is 2. The van der Waals surface area contributed by atoms with Gasteiger partial charge in [0, 0.05) is 24.2 Å². The van der Waals surface area contributed by atoms with Gasteiger partial charge in [0.15, 0.2) is 0 Å². The van der Waals surface area contributed by atoms with Crippen LogP contribution in [0.25, 0.3) is 11.0 Å². The van der Waals surface area contributed by atoms with Gasteiger partial charge in [-0.25, -0.2) is 4.98 Å². The van der Waals surface area contributed by atoms with Gasteiger partial charge in [-0.05, 0) is 55.9 Å². The topological polar surface area (TPSA) is 79.6 Å². The lowest BCUT2D eigenvalue weighted by Gasteiger charge is -2.40. The predicted molar refractivity (Wildman–Crippen MR) is 112 cm³/mol. The largest absolute Gasteiger partial charge is 0.342 e. The average Bonchev–Trinajstić information content (AvgIpc) is 3.13. The molecule has 0 amide bonds. The van der Waals surface area contributed by atoms with Crippen LogP contribution in [0.4, 0.5) is 0 Å². The number of H-pyrrole nitrogens is 1. The Morgan fingerprint density at radius 1 is 1.18 bits per heavy atom. The molecule has 2 aliphatic rings. The zero-order chi connectivity index (χ0) is 19.0. The van der Waals surface area contributed by atoms with Crippen molar-refractivity contribution in [3.63, 3.8) is 0 Å².